The van der Waals surface area contributed by atoms with Crippen LogP contribution in [0.2, 0.25) is 0 Å². The second-order valence-electron chi connectivity index (χ2n) is 10.4. The Morgan fingerprint density at radius 2 is 0.636 bits per heavy atom. The molecule has 3 nitrogen and oxygen atoms in total. The van der Waals surface area contributed by atoms with E-state index < -0.39 is 12.5 Å². The van der Waals surface area contributed by atoms with Crippen LogP contribution in [0, 0.1) is 0 Å². The summed E-state index contributed by atoms with van der Waals surface area (Å²) in [6.45, 7) is 7.05. The van der Waals surface area contributed by atoms with Gasteiger partial charge in [-0.1, -0.05) is 156 Å². The molecule has 0 aliphatic rings. The van der Waals surface area contributed by atoms with E-state index in [4.69, 9.17) is 0 Å². The van der Waals surface area contributed by atoms with Gasteiger partial charge < -0.3 is 10.2 Å². The van der Waals surface area contributed by atoms with Crippen LogP contribution in [0.4, 0.5) is 0 Å². The Morgan fingerprint density at radius 3 is 0.879 bits per heavy atom. The molecule has 0 saturated carbocycles. The fourth-order valence-electron chi connectivity index (χ4n) is 4.87. The number of rotatable bonds is 27. The molecule has 2 N–H and O–H groups in total. The molecule has 33 heavy (non-hydrogen) atoms. The highest BCUT2D eigenvalue weighted by Crippen LogP contribution is 2.16. The summed E-state index contributed by atoms with van der Waals surface area (Å²) in [6.07, 6.45) is 31.2. The average Bonchev–Trinajstić information content (AvgIpc) is 2.83. The highest BCUT2D eigenvalue weighted by molar-refractivity contribution is 4.64. The van der Waals surface area contributed by atoms with Crippen LogP contribution in [0.3, 0.4) is 0 Å². The van der Waals surface area contributed by atoms with Crippen LogP contribution in [-0.4, -0.2) is 34.1 Å². The smallest absolute Gasteiger partial charge is 0.109 e. The Kier molecular flexibility index (Phi) is 26.4. The topological polar surface area (TPSA) is 43.7 Å². The molecule has 0 aliphatic heterocycles. The molecular weight excluding hydrogens is 406 g/mol. The van der Waals surface area contributed by atoms with Crippen molar-refractivity contribution in [2.45, 2.75) is 187 Å². The van der Waals surface area contributed by atoms with E-state index in [0.717, 1.165) is 13.0 Å². The number of hydrogen-bond acceptors (Lipinski definition) is 3. The summed E-state index contributed by atoms with van der Waals surface area (Å²) in [6, 6.07) is 0. The van der Waals surface area contributed by atoms with Gasteiger partial charge in [-0.3, -0.25) is 4.90 Å². The third kappa shape index (κ3) is 22.1. The third-order valence-corrected chi connectivity index (χ3v) is 7.27. The zero-order valence-corrected chi connectivity index (χ0v) is 23.2. The molecule has 0 heterocycles. The number of nitrogens with zero attached hydrogens (tertiary/aromatic N) is 1. The molecule has 0 spiro atoms. The van der Waals surface area contributed by atoms with Crippen LogP contribution >= 0.6 is 0 Å². The highest BCUT2D eigenvalue weighted by atomic mass is 16.3. The lowest BCUT2D eigenvalue weighted by Gasteiger charge is -2.31. The van der Waals surface area contributed by atoms with Crippen molar-refractivity contribution in [1.82, 2.24) is 4.90 Å². The largest absolute Gasteiger partial charge is 0.378 e. The van der Waals surface area contributed by atoms with Gasteiger partial charge in [0.05, 0.1) is 0 Å². The monoisotopic (exact) mass is 469 g/mol. The number of unbranched alkanes of at least 4 members (excludes halogenated alkanes) is 21. The molecule has 0 aromatic heterocycles. The molecule has 0 saturated heterocycles. The molecule has 0 rings (SSSR count). The Balaban J connectivity index is 3.25. The summed E-state index contributed by atoms with van der Waals surface area (Å²) in [7, 11) is 0. The first-order valence-corrected chi connectivity index (χ1v) is 15.3. The Hall–Kier alpha value is -0.120. The molecule has 0 aromatic carbocycles. The molecule has 2 unspecified atom stereocenters. The second kappa shape index (κ2) is 26.5. The van der Waals surface area contributed by atoms with Crippen molar-refractivity contribution in [2.24, 2.45) is 0 Å². The number of aliphatic hydroxyl groups is 2. The van der Waals surface area contributed by atoms with Gasteiger partial charge in [0.15, 0.2) is 0 Å². The molecule has 0 amide bonds. The zero-order valence-electron chi connectivity index (χ0n) is 23.2. The van der Waals surface area contributed by atoms with Crippen LogP contribution in [0.25, 0.3) is 0 Å². The van der Waals surface area contributed by atoms with Gasteiger partial charge in [0, 0.05) is 6.54 Å². The van der Waals surface area contributed by atoms with E-state index in [1.165, 1.54) is 135 Å². The molecule has 3 heteroatoms. The third-order valence-electron chi connectivity index (χ3n) is 7.27. The van der Waals surface area contributed by atoms with Gasteiger partial charge in [0.1, 0.15) is 12.5 Å². The normalized spacial score (nSPS) is 13.6. The molecule has 2 atom stereocenters. The van der Waals surface area contributed by atoms with E-state index in [1.54, 1.807) is 0 Å². The highest BCUT2D eigenvalue weighted by Gasteiger charge is 2.19. The predicted octanol–water partition coefficient (Wildman–Crippen LogP) is 9.35. The summed E-state index contributed by atoms with van der Waals surface area (Å²) in [5.41, 5.74) is 0. The quantitative estimate of drug-likeness (QED) is 0.0930. The van der Waals surface area contributed by atoms with E-state index in [-0.39, 0.29) is 0 Å². The SMILES string of the molecule is CCCCCCCCCCCCCCCCCCCCCCCCN(C(O)CC)C(O)CC. The van der Waals surface area contributed by atoms with Crippen molar-refractivity contribution in [1.29, 1.82) is 0 Å². The van der Waals surface area contributed by atoms with E-state index in [2.05, 4.69) is 6.92 Å². The molecule has 0 aromatic rings. The van der Waals surface area contributed by atoms with E-state index >= 15 is 0 Å². The van der Waals surface area contributed by atoms with Crippen LogP contribution in [0.5, 0.6) is 0 Å². The van der Waals surface area contributed by atoms with Gasteiger partial charge >= 0.3 is 0 Å². The molecule has 0 fully saturated rings. The lowest BCUT2D eigenvalue weighted by atomic mass is 10.0. The fourth-order valence-corrected chi connectivity index (χ4v) is 4.87. The lowest BCUT2D eigenvalue weighted by molar-refractivity contribution is -0.104. The van der Waals surface area contributed by atoms with Crippen LogP contribution in [0.15, 0.2) is 0 Å². The van der Waals surface area contributed by atoms with Gasteiger partial charge in [-0.05, 0) is 19.3 Å². The van der Waals surface area contributed by atoms with E-state index in [1.807, 2.05) is 18.7 Å². The summed E-state index contributed by atoms with van der Waals surface area (Å²) in [5.74, 6) is 0. The predicted molar refractivity (Wildman–Crippen MR) is 147 cm³/mol. The number of hydrogen-bond donors (Lipinski definition) is 2. The summed E-state index contributed by atoms with van der Waals surface area (Å²) in [4.78, 5) is 1.86. The zero-order chi connectivity index (χ0) is 24.4. The first kappa shape index (κ1) is 32.9. The second-order valence-corrected chi connectivity index (χ2v) is 10.4. The van der Waals surface area contributed by atoms with E-state index in [9.17, 15) is 10.2 Å². The summed E-state index contributed by atoms with van der Waals surface area (Å²) in [5, 5.41) is 20.1. The average molecular weight is 470 g/mol. The maximum Gasteiger partial charge on any atom is 0.109 e. The van der Waals surface area contributed by atoms with Gasteiger partial charge in [-0.2, -0.15) is 0 Å². The Bertz CT molecular complexity index is 353. The minimum absolute atomic E-state index is 0.505. The van der Waals surface area contributed by atoms with Crippen molar-refractivity contribution in [2.75, 3.05) is 6.54 Å². The van der Waals surface area contributed by atoms with Crippen molar-refractivity contribution < 1.29 is 10.2 Å². The van der Waals surface area contributed by atoms with Crippen molar-refractivity contribution in [3.05, 3.63) is 0 Å². The van der Waals surface area contributed by atoms with Crippen LogP contribution in [0.1, 0.15) is 175 Å². The van der Waals surface area contributed by atoms with Crippen molar-refractivity contribution in [3.63, 3.8) is 0 Å². The van der Waals surface area contributed by atoms with Gasteiger partial charge in [-0.25, -0.2) is 0 Å². The van der Waals surface area contributed by atoms with E-state index in [0.29, 0.717) is 12.8 Å². The molecule has 0 aliphatic carbocycles. The molecule has 0 bridgehead atoms. The van der Waals surface area contributed by atoms with Gasteiger partial charge in [0.2, 0.25) is 0 Å². The first-order chi connectivity index (χ1) is 16.2. The Labute approximate surface area is 209 Å². The van der Waals surface area contributed by atoms with Crippen molar-refractivity contribution in [3.8, 4) is 0 Å². The fraction of sp³-hybridized carbons (Fsp3) is 1.00. The molecular formula is C30H63NO2. The standard InChI is InChI=1S/C30H63NO2/c1-4-7-8-9-10-11-12-13-14-15-16-17-18-19-20-21-22-23-24-25-26-27-28-31(29(32)5-2)30(33)6-3/h29-30,32-33H,4-28H2,1-3H3. The number of aliphatic hydroxyl groups excluding tert-OH is 2. The van der Waals surface area contributed by atoms with Crippen LogP contribution < -0.4 is 0 Å². The summed E-state index contributed by atoms with van der Waals surface area (Å²) >= 11 is 0. The van der Waals surface area contributed by atoms with Gasteiger partial charge in [-0.15, -0.1) is 0 Å². The van der Waals surface area contributed by atoms with Crippen LogP contribution in [-0.2, 0) is 0 Å². The maximum absolute atomic E-state index is 10.1. The first-order valence-electron chi connectivity index (χ1n) is 15.3. The minimum Gasteiger partial charge on any atom is -0.378 e. The maximum atomic E-state index is 10.1. The lowest BCUT2D eigenvalue weighted by Crippen LogP contribution is -2.43. The molecule has 200 valence electrons. The summed E-state index contributed by atoms with van der Waals surface area (Å²) < 4.78 is 0. The molecule has 0 radical (unpaired) electrons. The van der Waals surface area contributed by atoms with Gasteiger partial charge in [0.25, 0.3) is 0 Å². The Morgan fingerprint density at radius 1 is 0.394 bits per heavy atom. The van der Waals surface area contributed by atoms with Crippen molar-refractivity contribution >= 4 is 0 Å². The minimum atomic E-state index is -0.505.